The average molecular weight is 278 g/mol. The fourth-order valence-corrected chi connectivity index (χ4v) is 4.12. The molecule has 0 amide bonds. The van der Waals surface area contributed by atoms with E-state index in [1.54, 1.807) is 0 Å². The molecule has 1 aromatic carbocycles. The number of anilines is 1. The Balaban J connectivity index is 2.18. The summed E-state index contributed by atoms with van der Waals surface area (Å²) in [5, 5.41) is 1.41. The van der Waals surface area contributed by atoms with Gasteiger partial charge in [0.1, 0.15) is 0 Å². The number of nitrogens with two attached hydrogens (primary N) is 1. The maximum absolute atomic E-state index is 6.14. The number of hydrogen-bond donors (Lipinski definition) is 1. The first-order valence-electron chi connectivity index (χ1n) is 7.34. The van der Waals surface area contributed by atoms with Gasteiger partial charge in [0.2, 0.25) is 0 Å². The van der Waals surface area contributed by atoms with E-state index in [0.717, 1.165) is 25.9 Å². The Kier molecular flexibility index (Phi) is 5.17. The van der Waals surface area contributed by atoms with Gasteiger partial charge in [0.15, 0.2) is 0 Å². The van der Waals surface area contributed by atoms with Crippen LogP contribution in [0.4, 0.5) is 5.69 Å². The first-order chi connectivity index (χ1) is 9.10. The molecule has 3 heteroatoms. The van der Waals surface area contributed by atoms with Crippen molar-refractivity contribution >= 4 is 17.4 Å². The first-order valence-corrected chi connectivity index (χ1v) is 8.28. The SMILES string of the molecule is CCC(N)Cc1ccccc1N1CC(C)SC(C)C1. The Labute approximate surface area is 121 Å². The molecule has 2 N–H and O–H groups in total. The lowest BCUT2D eigenvalue weighted by Crippen LogP contribution is -2.41. The highest BCUT2D eigenvalue weighted by Crippen LogP contribution is 2.30. The second kappa shape index (κ2) is 6.67. The van der Waals surface area contributed by atoms with Gasteiger partial charge in [-0.25, -0.2) is 0 Å². The van der Waals surface area contributed by atoms with Crippen molar-refractivity contribution in [3.8, 4) is 0 Å². The first kappa shape index (κ1) is 14.7. The summed E-state index contributed by atoms with van der Waals surface area (Å²) >= 11 is 2.10. The standard InChI is InChI=1S/C16H26N2S/c1-4-15(17)9-14-7-5-6-8-16(14)18-10-12(2)19-13(3)11-18/h5-8,12-13,15H,4,9-11,17H2,1-3H3. The molecule has 3 unspecified atom stereocenters. The van der Waals surface area contributed by atoms with Gasteiger partial charge < -0.3 is 10.6 Å². The van der Waals surface area contributed by atoms with E-state index in [1.807, 2.05) is 0 Å². The molecule has 1 fully saturated rings. The minimum Gasteiger partial charge on any atom is -0.369 e. The molecule has 2 nitrogen and oxygen atoms in total. The number of thioether (sulfide) groups is 1. The maximum Gasteiger partial charge on any atom is 0.0400 e. The monoisotopic (exact) mass is 278 g/mol. The summed E-state index contributed by atoms with van der Waals surface area (Å²) in [5.74, 6) is 0. The van der Waals surface area contributed by atoms with E-state index in [-0.39, 0.29) is 6.04 Å². The predicted octanol–water partition coefficient (Wildman–Crippen LogP) is 3.30. The van der Waals surface area contributed by atoms with Crippen molar-refractivity contribution in [2.45, 2.75) is 50.2 Å². The van der Waals surface area contributed by atoms with Gasteiger partial charge in [0.25, 0.3) is 0 Å². The lowest BCUT2D eigenvalue weighted by molar-refractivity contribution is 0.641. The molecule has 1 aliphatic heterocycles. The summed E-state index contributed by atoms with van der Waals surface area (Å²) in [6.07, 6.45) is 2.02. The summed E-state index contributed by atoms with van der Waals surface area (Å²) in [6, 6.07) is 9.05. The summed E-state index contributed by atoms with van der Waals surface area (Å²) in [5.41, 5.74) is 8.93. The Morgan fingerprint density at radius 3 is 2.53 bits per heavy atom. The maximum atomic E-state index is 6.14. The molecular formula is C16H26N2S. The van der Waals surface area contributed by atoms with E-state index >= 15 is 0 Å². The van der Waals surface area contributed by atoms with Crippen molar-refractivity contribution in [2.24, 2.45) is 5.73 Å². The minimum absolute atomic E-state index is 0.273. The van der Waals surface area contributed by atoms with Gasteiger partial charge >= 0.3 is 0 Å². The van der Waals surface area contributed by atoms with Gasteiger partial charge in [-0.05, 0) is 24.5 Å². The van der Waals surface area contributed by atoms with Crippen LogP contribution < -0.4 is 10.6 Å². The third-order valence-corrected chi connectivity index (χ3v) is 4.99. The molecule has 106 valence electrons. The fourth-order valence-electron chi connectivity index (χ4n) is 2.79. The van der Waals surface area contributed by atoms with Gasteiger partial charge in [-0.3, -0.25) is 0 Å². The molecule has 1 heterocycles. The Hall–Kier alpha value is -0.670. The Morgan fingerprint density at radius 2 is 1.89 bits per heavy atom. The third kappa shape index (κ3) is 3.90. The van der Waals surface area contributed by atoms with Gasteiger partial charge in [-0.2, -0.15) is 11.8 Å². The quantitative estimate of drug-likeness (QED) is 0.916. The van der Waals surface area contributed by atoms with E-state index in [0.29, 0.717) is 10.5 Å². The van der Waals surface area contributed by atoms with Gasteiger partial charge in [-0.1, -0.05) is 39.0 Å². The lowest BCUT2D eigenvalue weighted by Gasteiger charge is -2.37. The third-order valence-electron chi connectivity index (χ3n) is 3.76. The molecule has 0 radical (unpaired) electrons. The molecule has 1 saturated heterocycles. The summed E-state index contributed by atoms with van der Waals surface area (Å²) < 4.78 is 0. The van der Waals surface area contributed by atoms with Crippen LogP contribution in [0.1, 0.15) is 32.8 Å². The molecular weight excluding hydrogens is 252 g/mol. The highest BCUT2D eigenvalue weighted by Gasteiger charge is 2.23. The molecule has 2 rings (SSSR count). The molecule has 3 atom stereocenters. The van der Waals surface area contributed by atoms with Crippen LogP contribution in [0.15, 0.2) is 24.3 Å². The predicted molar refractivity (Wildman–Crippen MR) is 87.1 cm³/mol. The lowest BCUT2D eigenvalue weighted by atomic mass is 10.0. The number of nitrogens with zero attached hydrogens (tertiary/aromatic N) is 1. The minimum atomic E-state index is 0.273. The molecule has 19 heavy (non-hydrogen) atoms. The zero-order valence-electron chi connectivity index (χ0n) is 12.3. The van der Waals surface area contributed by atoms with Crippen LogP contribution in [-0.2, 0) is 6.42 Å². The Bertz CT molecular complexity index is 397. The molecule has 0 spiro atoms. The molecule has 1 aliphatic rings. The normalized spacial score (nSPS) is 25.4. The van der Waals surface area contributed by atoms with Crippen LogP contribution in [-0.4, -0.2) is 29.6 Å². The van der Waals surface area contributed by atoms with Crippen LogP contribution in [0.25, 0.3) is 0 Å². The number of hydrogen-bond acceptors (Lipinski definition) is 3. The van der Waals surface area contributed by atoms with E-state index in [2.05, 4.69) is 61.7 Å². The summed E-state index contributed by atoms with van der Waals surface area (Å²) in [7, 11) is 0. The van der Waals surface area contributed by atoms with E-state index in [4.69, 9.17) is 5.73 Å². The molecule has 0 aromatic heterocycles. The highest BCUT2D eigenvalue weighted by atomic mass is 32.2. The topological polar surface area (TPSA) is 29.3 Å². The van der Waals surface area contributed by atoms with Crippen molar-refractivity contribution in [2.75, 3.05) is 18.0 Å². The number of benzene rings is 1. The average Bonchev–Trinajstić information content (AvgIpc) is 2.38. The molecule has 1 aromatic rings. The van der Waals surface area contributed by atoms with Crippen LogP contribution in [0.2, 0.25) is 0 Å². The number of rotatable bonds is 4. The zero-order chi connectivity index (χ0) is 13.8. The van der Waals surface area contributed by atoms with Crippen LogP contribution >= 0.6 is 11.8 Å². The second-order valence-electron chi connectivity index (χ2n) is 5.66. The smallest absolute Gasteiger partial charge is 0.0400 e. The van der Waals surface area contributed by atoms with Crippen molar-refractivity contribution in [3.63, 3.8) is 0 Å². The van der Waals surface area contributed by atoms with Crippen LogP contribution in [0.5, 0.6) is 0 Å². The van der Waals surface area contributed by atoms with Crippen LogP contribution in [0, 0.1) is 0 Å². The molecule has 0 aliphatic carbocycles. The van der Waals surface area contributed by atoms with E-state index in [9.17, 15) is 0 Å². The van der Waals surface area contributed by atoms with Crippen molar-refractivity contribution in [1.82, 2.24) is 0 Å². The number of para-hydroxylation sites is 1. The van der Waals surface area contributed by atoms with Gasteiger partial charge in [0.05, 0.1) is 0 Å². The molecule has 0 bridgehead atoms. The largest absolute Gasteiger partial charge is 0.369 e. The van der Waals surface area contributed by atoms with Crippen molar-refractivity contribution in [3.05, 3.63) is 29.8 Å². The fraction of sp³-hybridized carbons (Fsp3) is 0.625. The second-order valence-corrected chi connectivity index (χ2v) is 7.55. The van der Waals surface area contributed by atoms with Gasteiger partial charge in [0, 0.05) is 35.3 Å². The van der Waals surface area contributed by atoms with Crippen LogP contribution in [0.3, 0.4) is 0 Å². The molecule has 0 saturated carbocycles. The summed E-state index contributed by atoms with van der Waals surface area (Å²) in [6.45, 7) is 9.11. The van der Waals surface area contributed by atoms with E-state index in [1.165, 1.54) is 11.3 Å². The summed E-state index contributed by atoms with van der Waals surface area (Å²) in [4.78, 5) is 2.55. The Morgan fingerprint density at radius 1 is 1.26 bits per heavy atom. The van der Waals surface area contributed by atoms with Crippen molar-refractivity contribution in [1.29, 1.82) is 0 Å². The van der Waals surface area contributed by atoms with Crippen molar-refractivity contribution < 1.29 is 0 Å². The van der Waals surface area contributed by atoms with Gasteiger partial charge in [-0.15, -0.1) is 0 Å². The highest BCUT2D eigenvalue weighted by molar-refractivity contribution is 8.00. The zero-order valence-corrected chi connectivity index (χ0v) is 13.1. The van der Waals surface area contributed by atoms with E-state index < -0.39 is 0 Å².